The summed E-state index contributed by atoms with van der Waals surface area (Å²) in [6.07, 6.45) is -3.34. The molecule has 0 bridgehead atoms. The Morgan fingerprint density at radius 1 is 1.30 bits per heavy atom. The van der Waals surface area contributed by atoms with Gasteiger partial charge in [-0.2, -0.15) is 13.2 Å². The van der Waals surface area contributed by atoms with Gasteiger partial charge in [-0.3, -0.25) is 14.5 Å². The highest BCUT2D eigenvalue weighted by Crippen LogP contribution is 2.35. The van der Waals surface area contributed by atoms with Crippen LogP contribution in [0.25, 0.3) is 0 Å². The Balaban J connectivity index is 1.78. The van der Waals surface area contributed by atoms with Crippen LogP contribution in [0.15, 0.2) is 23.6 Å². The molecule has 1 aliphatic heterocycles. The number of hydrogen-bond acceptors (Lipinski definition) is 5. The first-order chi connectivity index (χ1) is 14.2. The van der Waals surface area contributed by atoms with Crippen LogP contribution in [-0.4, -0.2) is 36.4 Å². The van der Waals surface area contributed by atoms with Crippen molar-refractivity contribution < 1.29 is 22.8 Å². The molecule has 0 atom stereocenters. The molecular weight excluding hydrogens is 417 g/mol. The predicted molar refractivity (Wildman–Crippen MR) is 111 cm³/mol. The Hall–Kier alpha value is -2.62. The summed E-state index contributed by atoms with van der Waals surface area (Å²) in [7, 11) is 0. The van der Waals surface area contributed by atoms with E-state index in [1.807, 2.05) is 18.7 Å². The summed E-state index contributed by atoms with van der Waals surface area (Å²) in [5.74, 6) is -0.458. The van der Waals surface area contributed by atoms with Crippen molar-refractivity contribution in [2.45, 2.75) is 39.3 Å². The van der Waals surface area contributed by atoms with E-state index in [1.54, 1.807) is 10.3 Å². The van der Waals surface area contributed by atoms with Crippen LogP contribution >= 0.6 is 11.3 Å². The Kier molecular flexibility index (Phi) is 6.64. The second kappa shape index (κ2) is 9.03. The number of amides is 2. The van der Waals surface area contributed by atoms with Crippen molar-refractivity contribution in [2.75, 3.05) is 34.8 Å². The molecular formula is C20H23F3N4O2S. The van der Waals surface area contributed by atoms with E-state index in [0.717, 1.165) is 18.6 Å². The third-order valence-corrected chi connectivity index (χ3v) is 5.80. The van der Waals surface area contributed by atoms with Crippen molar-refractivity contribution in [2.24, 2.45) is 0 Å². The van der Waals surface area contributed by atoms with Crippen molar-refractivity contribution in [3.8, 4) is 0 Å². The quantitative estimate of drug-likeness (QED) is 0.697. The van der Waals surface area contributed by atoms with Crippen molar-refractivity contribution >= 4 is 39.7 Å². The fourth-order valence-corrected chi connectivity index (χ4v) is 4.23. The highest BCUT2D eigenvalue weighted by Gasteiger charge is 2.31. The minimum Gasteiger partial charge on any atom is -0.370 e. The lowest BCUT2D eigenvalue weighted by atomic mass is 10.1. The maximum absolute atomic E-state index is 13.2. The van der Waals surface area contributed by atoms with Gasteiger partial charge in [0.05, 0.1) is 29.1 Å². The van der Waals surface area contributed by atoms with Crippen LogP contribution in [0.2, 0.25) is 0 Å². The van der Waals surface area contributed by atoms with Gasteiger partial charge in [-0.1, -0.05) is 0 Å². The van der Waals surface area contributed by atoms with Gasteiger partial charge in [-0.25, -0.2) is 4.98 Å². The molecule has 162 valence electrons. The molecule has 1 aromatic heterocycles. The number of halogens is 3. The number of hydrogen-bond donors (Lipinski definition) is 1. The van der Waals surface area contributed by atoms with E-state index in [4.69, 9.17) is 0 Å². The molecule has 30 heavy (non-hydrogen) atoms. The summed E-state index contributed by atoms with van der Waals surface area (Å²) in [5.41, 5.74) is 0.299. The number of alkyl halides is 3. The van der Waals surface area contributed by atoms with Gasteiger partial charge in [0.15, 0.2) is 5.13 Å². The first kappa shape index (κ1) is 22.1. The number of benzene rings is 1. The average molecular weight is 440 g/mol. The van der Waals surface area contributed by atoms with E-state index in [0.29, 0.717) is 42.6 Å². The molecule has 10 heteroatoms. The van der Waals surface area contributed by atoms with Crippen LogP contribution in [-0.2, 0) is 22.2 Å². The van der Waals surface area contributed by atoms with Gasteiger partial charge in [0, 0.05) is 31.4 Å². The van der Waals surface area contributed by atoms with Gasteiger partial charge in [0.1, 0.15) is 0 Å². The highest BCUT2D eigenvalue weighted by atomic mass is 32.1. The summed E-state index contributed by atoms with van der Waals surface area (Å²) in [4.78, 5) is 32.2. The normalized spacial score (nSPS) is 14.3. The second-order valence-corrected chi connectivity index (χ2v) is 7.73. The molecule has 1 aliphatic rings. The molecule has 1 fully saturated rings. The van der Waals surface area contributed by atoms with Crippen molar-refractivity contribution in [1.82, 2.24) is 4.98 Å². The zero-order valence-electron chi connectivity index (χ0n) is 16.8. The molecule has 2 aromatic rings. The molecule has 2 amide bonds. The van der Waals surface area contributed by atoms with E-state index in [2.05, 4.69) is 10.3 Å². The Bertz CT molecular complexity index is 925. The number of carbonyl (C=O) groups excluding carboxylic acids is 2. The van der Waals surface area contributed by atoms with Crippen LogP contribution < -0.4 is 15.1 Å². The van der Waals surface area contributed by atoms with Crippen molar-refractivity contribution in [3.05, 3.63) is 34.8 Å². The second-order valence-electron chi connectivity index (χ2n) is 6.90. The van der Waals surface area contributed by atoms with E-state index in [-0.39, 0.29) is 18.0 Å². The SMILES string of the molecule is CCN(CC)c1ccc(C(F)(F)F)cc1NC(=O)Cc1csc(N2CCCC2=O)n1. The van der Waals surface area contributed by atoms with Crippen molar-refractivity contribution in [1.29, 1.82) is 0 Å². The highest BCUT2D eigenvalue weighted by molar-refractivity contribution is 7.14. The zero-order valence-corrected chi connectivity index (χ0v) is 17.6. The molecule has 0 spiro atoms. The lowest BCUT2D eigenvalue weighted by Crippen LogP contribution is -2.25. The maximum atomic E-state index is 13.2. The third kappa shape index (κ3) is 4.92. The minimum absolute atomic E-state index is 0.00758. The summed E-state index contributed by atoms with van der Waals surface area (Å²) in [5, 5.41) is 4.85. The molecule has 0 radical (unpaired) electrons. The molecule has 1 saturated heterocycles. The molecule has 1 aromatic carbocycles. The first-order valence-electron chi connectivity index (χ1n) is 9.73. The maximum Gasteiger partial charge on any atom is 0.416 e. The fourth-order valence-electron chi connectivity index (χ4n) is 3.36. The van der Waals surface area contributed by atoms with E-state index < -0.39 is 17.6 Å². The summed E-state index contributed by atoms with van der Waals surface area (Å²) < 4.78 is 39.5. The summed E-state index contributed by atoms with van der Waals surface area (Å²) in [6.45, 7) is 5.57. The molecule has 0 unspecified atom stereocenters. The Labute approximate surface area is 176 Å². The Morgan fingerprint density at radius 2 is 2.03 bits per heavy atom. The van der Waals surface area contributed by atoms with Crippen LogP contribution in [0.4, 0.5) is 29.7 Å². The van der Waals surface area contributed by atoms with Gasteiger partial charge in [-0.15, -0.1) is 11.3 Å². The summed E-state index contributed by atoms with van der Waals surface area (Å²) in [6, 6.07) is 3.36. The third-order valence-electron chi connectivity index (χ3n) is 4.89. The molecule has 3 rings (SSSR count). The lowest BCUT2D eigenvalue weighted by Gasteiger charge is -2.25. The lowest BCUT2D eigenvalue weighted by molar-refractivity contribution is -0.137. The standard InChI is InChI=1S/C20H23F3N4O2S/c1-3-26(4-2)16-8-7-13(20(21,22)23)10-15(16)25-17(28)11-14-12-30-19(24-14)27-9-5-6-18(27)29/h7-8,10,12H,3-6,9,11H2,1-2H3,(H,25,28). The van der Waals surface area contributed by atoms with E-state index >= 15 is 0 Å². The minimum atomic E-state index is -4.51. The van der Waals surface area contributed by atoms with Gasteiger partial charge >= 0.3 is 6.18 Å². The monoisotopic (exact) mass is 440 g/mol. The number of rotatable bonds is 7. The number of aromatic nitrogens is 1. The van der Waals surface area contributed by atoms with E-state index in [9.17, 15) is 22.8 Å². The van der Waals surface area contributed by atoms with Gasteiger partial charge in [-0.05, 0) is 38.5 Å². The van der Waals surface area contributed by atoms with Crippen LogP contribution in [0.5, 0.6) is 0 Å². The number of anilines is 3. The molecule has 0 saturated carbocycles. The topological polar surface area (TPSA) is 65.5 Å². The van der Waals surface area contributed by atoms with E-state index in [1.165, 1.54) is 17.4 Å². The molecule has 0 aliphatic carbocycles. The molecule has 2 heterocycles. The largest absolute Gasteiger partial charge is 0.416 e. The van der Waals surface area contributed by atoms with Crippen LogP contribution in [0.3, 0.4) is 0 Å². The van der Waals surface area contributed by atoms with Gasteiger partial charge in [0.25, 0.3) is 0 Å². The fraction of sp³-hybridized carbons (Fsp3) is 0.450. The molecule has 1 N–H and O–H groups in total. The Morgan fingerprint density at radius 3 is 2.63 bits per heavy atom. The van der Waals surface area contributed by atoms with Gasteiger partial charge < -0.3 is 10.2 Å². The number of nitrogens with zero attached hydrogens (tertiary/aromatic N) is 3. The summed E-state index contributed by atoms with van der Waals surface area (Å²) >= 11 is 1.28. The van der Waals surface area contributed by atoms with Gasteiger partial charge in [0.2, 0.25) is 11.8 Å². The number of nitrogens with one attached hydrogen (secondary N) is 1. The predicted octanol–water partition coefficient (Wildman–Crippen LogP) is 4.32. The average Bonchev–Trinajstić information content (AvgIpc) is 3.31. The van der Waals surface area contributed by atoms with Crippen molar-refractivity contribution in [3.63, 3.8) is 0 Å². The smallest absolute Gasteiger partial charge is 0.370 e. The zero-order chi connectivity index (χ0) is 21.9. The van der Waals surface area contributed by atoms with Crippen LogP contribution in [0.1, 0.15) is 37.9 Å². The first-order valence-corrected chi connectivity index (χ1v) is 10.6. The number of thiazole rings is 1. The van der Waals surface area contributed by atoms with Crippen LogP contribution in [0, 0.1) is 0 Å². The molecule has 6 nitrogen and oxygen atoms in total. The number of carbonyl (C=O) groups is 2.